The smallest absolute Gasteiger partial charge is 0.462 e. The number of carbonyl (C=O) groups is 4. The van der Waals surface area contributed by atoms with Gasteiger partial charge in [-0.3, -0.25) is 28.0 Å². The van der Waals surface area contributed by atoms with Crippen LogP contribution >= 0.6 is 7.82 Å². The Kier molecular flexibility index (Phi) is 55.1. The van der Waals surface area contributed by atoms with Crippen molar-refractivity contribution in [1.29, 1.82) is 0 Å². The van der Waals surface area contributed by atoms with Crippen molar-refractivity contribution in [1.82, 2.24) is 16.0 Å². The molecule has 12 atom stereocenters. The van der Waals surface area contributed by atoms with Crippen LogP contribution in [0.5, 0.6) is 0 Å². The van der Waals surface area contributed by atoms with Crippen LogP contribution in [0.4, 0.5) is 4.79 Å². The van der Waals surface area contributed by atoms with Crippen LogP contribution in [0.2, 0.25) is 0 Å². The number of benzene rings is 8. The number of phosphoric ester groups is 1. The summed E-state index contributed by atoms with van der Waals surface area (Å²) in [6.07, 6.45) is 21.7. The van der Waals surface area contributed by atoms with Crippen molar-refractivity contribution in [2.24, 2.45) is 0 Å². The standard InChI is InChI=1S/C115H160N3O19P/c1-4-7-10-13-16-19-22-25-54-75-100(126-83-93-61-40-31-41-62-93)80-104(119)117-107-111(128-85-95-65-44-33-45-66-95)109(127-84-94-63-42-32-43-64-94)103(136-113(107)125-79-58-29-28-57-78-116-115(122)131-87-97-69-48-35-49-70-97)91-130-114-108(118-105(120)81-101(76-55-26-23-20-17-14-11-8-5-2)134-106(121)77-56-27-24-21-18-15-12-9-6-3)112(129-86-96-67-46-34-47-68-96)110(102(135-114)90-124-82-92-59-38-30-39-60-92)137-138(123,132-88-98-71-50-36-51-72-98)133-89-99-73-52-37-53-74-99/h30-53,59-74,100-103,107-114H,4-29,54-58,75-91H2,1-3H3,(H,116,122)(H,117,119)(H,118,120)/t100-,101-,102-,103-,107+,108+,109-,110-,111-,112-,113+,114-/m1/s1. The fraction of sp³-hybridized carbons (Fsp3) is 0.548. The second-order valence-corrected chi connectivity index (χ2v) is 38.6. The molecule has 754 valence electrons. The van der Waals surface area contributed by atoms with Gasteiger partial charge in [0.25, 0.3) is 0 Å². The highest BCUT2D eigenvalue weighted by atomic mass is 31.2. The van der Waals surface area contributed by atoms with Gasteiger partial charge in [0.1, 0.15) is 61.4 Å². The Morgan fingerprint density at radius 2 is 0.674 bits per heavy atom. The van der Waals surface area contributed by atoms with Crippen LogP contribution in [0.1, 0.15) is 296 Å². The molecule has 0 unspecified atom stereocenters. The average Bonchev–Trinajstić information content (AvgIpc) is 0.771. The van der Waals surface area contributed by atoms with Crippen molar-refractivity contribution in [3.8, 4) is 0 Å². The first kappa shape index (κ1) is 111. The lowest BCUT2D eigenvalue weighted by molar-refractivity contribution is -0.315. The van der Waals surface area contributed by atoms with E-state index in [1.807, 2.05) is 243 Å². The maximum Gasteiger partial charge on any atom is 0.475 e. The third-order valence-electron chi connectivity index (χ3n) is 25.4. The minimum absolute atomic E-state index is 0.0184. The highest BCUT2D eigenvalue weighted by Gasteiger charge is 2.54. The molecule has 0 aromatic heterocycles. The summed E-state index contributed by atoms with van der Waals surface area (Å²) in [6, 6.07) is 74.8. The van der Waals surface area contributed by atoms with E-state index in [4.69, 9.17) is 65.7 Å². The van der Waals surface area contributed by atoms with E-state index in [2.05, 4.69) is 36.7 Å². The summed E-state index contributed by atoms with van der Waals surface area (Å²) in [6.45, 7) is 7.00. The predicted molar refractivity (Wildman–Crippen MR) is 542 cm³/mol. The van der Waals surface area contributed by atoms with E-state index in [0.717, 1.165) is 117 Å². The molecule has 10 rings (SSSR count). The van der Waals surface area contributed by atoms with E-state index in [1.165, 1.54) is 89.9 Å². The van der Waals surface area contributed by atoms with E-state index in [0.29, 0.717) is 62.8 Å². The summed E-state index contributed by atoms with van der Waals surface area (Å²) in [5.41, 5.74) is 6.59. The number of hydrogen-bond acceptors (Lipinski definition) is 19. The molecule has 2 saturated heterocycles. The maximum atomic E-state index is 16.4. The molecule has 138 heavy (non-hydrogen) atoms. The number of hydrogen-bond donors (Lipinski definition) is 3. The van der Waals surface area contributed by atoms with Crippen LogP contribution < -0.4 is 16.0 Å². The Morgan fingerprint density at radius 3 is 1.12 bits per heavy atom. The van der Waals surface area contributed by atoms with Crippen molar-refractivity contribution in [3.05, 3.63) is 287 Å². The minimum Gasteiger partial charge on any atom is -0.462 e. The number of rotatable bonds is 74. The lowest BCUT2D eigenvalue weighted by Gasteiger charge is -2.48. The Hall–Kier alpha value is -8.81. The van der Waals surface area contributed by atoms with Gasteiger partial charge in [0, 0.05) is 19.6 Å². The molecule has 3 N–H and O–H groups in total. The van der Waals surface area contributed by atoms with Gasteiger partial charge in [-0.05, 0) is 83.0 Å². The summed E-state index contributed by atoms with van der Waals surface area (Å²) in [4.78, 5) is 58.9. The van der Waals surface area contributed by atoms with Crippen molar-refractivity contribution >= 4 is 31.7 Å². The third-order valence-corrected chi connectivity index (χ3v) is 26.8. The van der Waals surface area contributed by atoms with Gasteiger partial charge in [-0.15, -0.1) is 0 Å². The lowest BCUT2D eigenvalue weighted by Crippen LogP contribution is -2.68. The van der Waals surface area contributed by atoms with Gasteiger partial charge >= 0.3 is 19.9 Å². The molecule has 0 saturated carbocycles. The highest BCUT2D eigenvalue weighted by Crippen LogP contribution is 2.54. The average molecular weight is 1920 g/mol. The van der Waals surface area contributed by atoms with Crippen molar-refractivity contribution in [2.45, 2.75) is 378 Å². The number of alkyl carbamates (subject to hydrolysis) is 1. The fourth-order valence-electron chi connectivity index (χ4n) is 17.5. The molecule has 0 spiro atoms. The fourth-order valence-corrected chi connectivity index (χ4v) is 18.9. The van der Waals surface area contributed by atoms with Gasteiger partial charge in [-0.1, -0.05) is 437 Å². The molecule has 8 aromatic carbocycles. The Labute approximate surface area is 824 Å². The third kappa shape index (κ3) is 45.0. The van der Waals surface area contributed by atoms with E-state index in [9.17, 15) is 9.59 Å². The molecular formula is C115H160N3O19P. The Bertz CT molecular complexity index is 4460. The van der Waals surface area contributed by atoms with E-state index >= 15 is 14.2 Å². The number of esters is 1. The van der Waals surface area contributed by atoms with Crippen LogP contribution in [0.15, 0.2) is 243 Å². The van der Waals surface area contributed by atoms with Crippen molar-refractivity contribution in [3.63, 3.8) is 0 Å². The molecule has 0 radical (unpaired) electrons. The summed E-state index contributed by atoms with van der Waals surface area (Å²) in [5, 5.41) is 9.73. The lowest BCUT2D eigenvalue weighted by atomic mass is 9.94. The van der Waals surface area contributed by atoms with Gasteiger partial charge < -0.3 is 68.1 Å². The summed E-state index contributed by atoms with van der Waals surface area (Å²) >= 11 is 0. The molecule has 3 amide bonds. The van der Waals surface area contributed by atoms with Crippen LogP contribution in [-0.2, 0) is 137 Å². The molecule has 8 aromatic rings. The molecule has 2 heterocycles. The quantitative estimate of drug-likeness (QED) is 0.0182. The number of unbranched alkanes of at least 4 members (excludes halogenated alkanes) is 27. The van der Waals surface area contributed by atoms with Crippen LogP contribution in [0.25, 0.3) is 0 Å². The first-order valence-electron chi connectivity index (χ1n) is 52.1. The summed E-state index contributed by atoms with van der Waals surface area (Å²) in [7, 11) is -4.81. The largest absolute Gasteiger partial charge is 0.475 e. The first-order chi connectivity index (χ1) is 67.9. The SMILES string of the molecule is CCCCCCCCCCCC(=O)O[C@H](CCCCCCCCCCC)CC(=O)N[C@@H]1[C@H](OC[C@H]2O[C@H](OCCCCCCNC(=O)OCc3ccccc3)[C@@H](NC(=O)C[C@@H](CCCCCCCCCCC)OCc3ccccc3)[C@@H](OCc3ccccc3)[C@@H]2OCc2ccccc2)O[C@H](COCc2ccccc2)[C@@H](OP(=O)(OCc2ccccc2)OCc2ccccc2)[C@@H]1OCc1ccccc1. The Morgan fingerprint density at radius 1 is 0.333 bits per heavy atom. The van der Waals surface area contributed by atoms with Gasteiger partial charge in [-0.25, -0.2) is 9.36 Å². The van der Waals surface area contributed by atoms with Crippen LogP contribution in [0.3, 0.4) is 0 Å². The zero-order valence-corrected chi connectivity index (χ0v) is 83.6. The molecule has 0 aliphatic carbocycles. The van der Waals surface area contributed by atoms with E-state index in [1.54, 1.807) is 0 Å². The summed E-state index contributed by atoms with van der Waals surface area (Å²) < 4.78 is 114. The molecule has 0 bridgehead atoms. The Balaban J connectivity index is 1.04. The second-order valence-electron chi connectivity index (χ2n) is 37.0. The topological polar surface area (TPSA) is 251 Å². The monoisotopic (exact) mass is 1920 g/mol. The van der Waals surface area contributed by atoms with E-state index < -0.39 is 93.3 Å². The molecule has 22 nitrogen and oxygen atoms in total. The number of ether oxygens (including phenoxy) is 11. The number of carbonyl (C=O) groups excluding carboxylic acids is 4. The van der Waals surface area contributed by atoms with Crippen molar-refractivity contribution < 1.29 is 89.4 Å². The maximum absolute atomic E-state index is 16.4. The zero-order valence-electron chi connectivity index (χ0n) is 82.7. The minimum atomic E-state index is -4.81. The summed E-state index contributed by atoms with van der Waals surface area (Å²) in [5.74, 6) is -1.17. The molecule has 2 aliphatic rings. The van der Waals surface area contributed by atoms with Gasteiger partial charge in [0.15, 0.2) is 12.6 Å². The number of nitrogens with one attached hydrogen (secondary N) is 3. The van der Waals surface area contributed by atoms with Gasteiger partial charge in [0.2, 0.25) is 11.8 Å². The van der Waals surface area contributed by atoms with E-state index in [-0.39, 0.29) is 97.2 Å². The first-order valence-corrected chi connectivity index (χ1v) is 53.5. The second kappa shape index (κ2) is 68.3. The number of phosphoric acid groups is 1. The van der Waals surface area contributed by atoms with Crippen molar-refractivity contribution in [2.75, 3.05) is 26.4 Å². The van der Waals surface area contributed by atoms with Gasteiger partial charge in [0.05, 0.1) is 78.4 Å². The van der Waals surface area contributed by atoms with Gasteiger partial charge in [-0.2, -0.15) is 0 Å². The zero-order chi connectivity index (χ0) is 96.6. The molecular weight excluding hydrogens is 1760 g/mol. The molecule has 23 heteroatoms. The normalized spacial score (nSPS) is 18.7. The molecule has 2 aliphatic heterocycles. The number of amides is 3. The van der Waals surface area contributed by atoms with Crippen LogP contribution in [0, 0.1) is 0 Å². The molecule has 2 fully saturated rings. The predicted octanol–water partition coefficient (Wildman–Crippen LogP) is 25.9. The highest BCUT2D eigenvalue weighted by molar-refractivity contribution is 7.48. The van der Waals surface area contributed by atoms with Crippen LogP contribution in [-0.4, -0.2) is 124 Å².